The lowest BCUT2D eigenvalue weighted by molar-refractivity contribution is 0.0951. The number of aromatic nitrogens is 5. The van der Waals surface area contributed by atoms with Gasteiger partial charge in [-0.25, -0.2) is 9.48 Å². The summed E-state index contributed by atoms with van der Waals surface area (Å²) < 4.78 is 3.15. The van der Waals surface area contributed by atoms with Crippen LogP contribution in [0.4, 0.5) is 0 Å². The molecule has 3 aromatic rings. The van der Waals surface area contributed by atoms with Crippen LogP contribution >= 0.6 is 0 Å². The lowest BCUT2D eigenvalue weighted by atomic mass is 10.2. The van der Waals surface area contributed by atoms with Crippen LogP contribution < -0.4 is 11.0 Å². The van der Waals surface area contributed by atoms with E-state index >= 15 is 0 Å². The topological polar surface area (TPSA) is 94.7 Å². The first-order chi connectivity index (χ1) is 12.7. The van der Waals surface area contributed by atoms with Crippen LogP contribution in [0.5, 0.6) is 0 Å². The summed E-state index contributed by atoms with van der Waals surface area (Å²) in [6, 6.07) is 7.21. The number of rotatable bonds is 6. The molecule has 0 aromatic carbocycles. The molecule has 0 atom stereocenters. The Morgan fingerprint density at radius 3 is 2.65 bits per heavy atom. The number of hydrogen-bond acceptors (Lipinski definition) is 5. The van der Waals surface area contributed by atoms with E-state index in [2.05, 4.69) is 20.4 Å². The molecule has 0 aliphatic heterocycles. The summed E-state index contributed by atoms with van der Waals surface area (Å²) in [5.74, 6) is 0.431. The Kier molecular flexibility index (Phi) is 4.30. The first-order valence-corrected chi connectivity index (χ1v) is 8.52. The Bertz CT molecular complexity index is 960. The van der Waals surface area contributed by atoms with Gasteiger partial charge in [0.1, 0.15) is 0 Å². The van der Waals surface area contributed by atoms with Gasteiger partial charge in [0.25, 0.3) is 5.91 Å². The molecule has 4 rings (SSSR count). The zero-order valence-corrected chi connectivity index (χ0v) is 14.1. The van der Waals surface area contributed by atoms with Crippen molar-refractivity contribution < 1.29 is 4.79 Å². The maximum absolute atomic E-state index is 12.7. The number of pyridine rings is 2. The molecule has 1 aliphatic carbocycles. The minimum atomic E-state index is -0.199. The van der Waals surface area contributed by atoms with Crippen LogP contribution in [0.1, 0.15) is 29.2 Å². The van der Waals surface area contributed by atoms with Crippen molar-refractivity contribution in [2.75, 3.05) is 6.54 Å². The van der Waals surface area contributed by atoms with E-state index in [1.54, 1.807) is 41.5 Å². The molecule has 1 N–H and O–H groups in total. The molecule has 1 fully saturated rings. The monoisotopic (exact) mass is 350 g/mol. The van der Waals surface area contributed by atoms with E-state index in [-0.39, 0.29) is 17.6 Å². The van der Waals surface area contributed by atoms with Crippen LogP contribution in [-0.4, -0.2) is 36.8 Å². The molecular formula is C18H18N6O2. The van der Waals surface area contributed by atoms with Crippen LogP contribution in [0.2, 0.25) is 0 Å². The second-order valence-corrected chi connectivity index (χ2v) is 6.16. The van der Waals surface area contributed by atoms with Crippen LogP contribution in [-0.2, 0) is 6.54 Å². The van der Waals surface area contributed by atoms with Gasteiger partial charge in [-0.3, -0.25) is 19.3 Å². The molecule has 0 bridgehead atoms. The number of amides is 1. The first kappa shape index (κ1) is 16.2. The highest BCUT2D eigenvalue weighted by molar-refractivity contribution is 5.93. The van der Waals surface area contributed by atoms with Gasteiger partial charge in [-0.1, -0.05) is 0 Å². The van der Waals surface area contributed by atoms with Gasteiger partial charge in [0, 0.05) is 48.5 Å². The van der Waals surface area contributed by atoms with Crippen molar-refractivity contribution in [1.82, 2.24) is 29.6 Å². The van der Waals surface area contributed by atoms with Crippen molar-refractivity contribution >= 4 is 5.91 Å². The number of carbonyl (C=O) groups is 1. The third-order valence-corrected chi connectivity index (χ3v) is 4.25. The fourth-order valence-electron chi connectivity index (χ4n) is 2.80. The standard InChI is InChI=1S/C18H18N6O2/c25-17(13-5-8-19-9-6-13)21-10-11-23-18(26)24(15-3-4-15)16(22-23)14-2-1-7-20-12-14/h1-2,5-9,12,15H,3-4,10-11H2,(H,21,25). The molecule has 26 heavy (non-hydrogen) atoms. The van der Waals surface area contributed by atoms with Gasteiger partial charge in [0.2, 0.25) is 0 Å². The number of hydrogen-bond donors (Lipinski definition) is 1. The highest BCUT2D eigenvalue weighted by atomic mass is 16.2. The van der Waals surface area contributed by atoms with E-state index < -0.39 is 0 Å². The molecule has 0 spiro atoms. The number of nitrogens with one attached hydrogen (secondary N) is 1. The predicted molar refractivity (Wildman–Crippen MR) is 94.6 cm³/mol. The van der Waals surface area contributed by atoms with Crippen LogP contribution in [0.15, 0.2) is 53.8 Å². The van der Waals surface area contributed by atoms with Gasteiger partial charge in [-0.05, 0) is 37.1 Å². The molecule has 0 radical (unpaired) electrons. The summed E-state index contributed by atoms with van der Waals surface area (Å²) in [6.07, 6.45) is 8.49. The number of nitrogens with zero attached hydrogens (tertiary/aromatic N) is 5. The lowest BCUT2D eigenvalue weighted by Crippen LogP contribution is -2.32. The summed E-state index contributed by atoms with van der Waals surface area (Å²) in [6.45, 7) is 0.623. The predicted octanol–water partition coefficient (Wildman–Crippen LogP) is 1.27. The molecule has 8 heteroatoms. The van der Waals surface area contributed by atoms with Gasteiger partial charge in [-0.15, -0.1) is 5.10 Å². The van der Waals surface area contributed by atoms with E-state index in [0.29, 0.717) is 24.5 Å². The van der Waals surface area contributed by atoms with Crippen LogP contribution in [0, 0.1) is 0 Å². The van der Waals surface area contributed by atoms with Gasteiger partial charge in [0.05, 0.1) is 6.54 Å². The van der Waals surface area contributed by atoms with Crippen LogP contribution in [0.25, 0.3) is 11.4 Å². The normalized spacial score (nSPS) is 13.5. The van der Waals surface area contributed by atoms with Crippen LogP contribution in [0.3, 0.4) is 0 Å². The molecule has 1 aliphatic rings. The molecular weight excluding hydrogens is 332 g/mol. The summed E-state index contributed by atoms with van der Waals surface area (Å²) in [7, 11) is 0. The van der Waals surface area contributed by atoms with E-state index in [1.165, 1.54) is 4.68 Å². The second kappa shape index (κ2) is 6.91. The average Bonchev–Trinajstić information content (AvgIpc) is 3.47. The molecule has 0 unspecified atom stereocenters. The van der Waals surface area contributed by atoms with E-state index in [4.69, 9.17) is 0 Å². The van der Waals surface area contributed by atoms with Crippen molar-refractivity contribution in [2.45, 2.75) is 25.4 Å². The quantitative estimate of drug-likeness (QED) is 0.722. The molecule has 132 valence electrons. The van der Waals surface area contributed by atoms with Gasteiger partial charge < -0.3 is 5.32 Å². The minimum absolute atomic E-state index is 0.149. The van der Waals surface area contributed by atoms with Crippen molar-refractivity contribution in [3.63, 3.8) is 0 Å². The van der Waals surface area contributed by atoms with E-state index in [1.807, 2.05) is 12.1 Å². The Balaban J connectivity index is 1.51. The molecule has 3 heterocycles. The Morgan fingerprint density at radius 1 is 1.15 bits per heavy atom. The Labute approximate surface area is 149 Å². The fraction of sp³-hybridized carbons (Fsp3) is 0.278. The smallest absolute Gasteiger partial charge is 0.346 e. The Hall–Kier alpha value is -3.29. The molecule has 0 saturated heterocycles. The first-order valence-electron chi connectivity index (χ1n) is 8.52. The Morgan fingerprint density at radius 2 is 1.96 bits per heavy atom. The summed E-state index contributed by atoms with van der Waals surface area (Å²) >= 11 is 0. The molecule has 8 nitrogen and oxygen atoms in total. The van der Waals surface area contributed by atoms with Crippen molar-refractivity contribution in [2.24, 2.45) is 0 Å². The third kappa shape index (κ3) is 3.26. The van der Waals surface area contributed by atoms with Crippen molar-refractivity contribution in [3.05, 3.63) is 65.1 Å². The highest BCUT2D eigenvalue weighted by Crippen LogP contribution is 2.36. The SMILES string of the molecule is O=C(NCCn1nc(-c2cccnc2)n(C2CC2)c1=O)c1ccncc1. The highest BCUT2D eigenvalue weighted by Gasteiger charge is 2.30. The zero-order chi connectivity index (χ0) is 17.9. The number of carbonyl (C=O) groups excluding carboxylic acids is 1. The lowest BCUT2D eigenvalue weighted by Gasteiger charge is -2.04. The van der Waals surface area contributed by atoms with Gasteiger partial charge >= 0.3 is 5.69 Å². The van der Waals surface area contributed by atoms with Gasteiger partial charge in [0.15, 0.2) is 5.82 Å². The largest absolute Gasteiger partial charge is 0.350 e. The second-order valence-electron chi connectivity index (χ2n) is 6.16. The van der Waals surface area contributed by atoms with E-state index in [9.17, 15) is 9.59 Å². The van der Waals surface area contributed by atoms with Crippen molar-refractivity contribution in [3.8, 4) is 11.4 Å². The fourth-order valence-corrected chi connectivity index (χ4v) is 2.80. The average molecular weight is 350 g/mol. The maximum atomic E-state index is 12.7. The maximum Gasteiger partial charge on any atom is 0.346 e. The molecule has 3 aromatic heterocycles. The molecule has 1 amide bonds. The van der Waals surface area contributed by atoms with Crippen molar-refractivity contribution in [1.29, 1.82) is 0 Å². The zero-order valence-electron chi connectivity index (χ0n) is 14.1. The minimum Gasteiger partial charge on any atom is -0.350 e. The summed E-state index contributed by atoms with van der Waals surface area (Å²) in [5, 5.41) is 7.28. The summed E-state index contributed by atoms with van der Waals surface area (Å²) in [4.78, 5) is 32.8. The van der Waals surface area contributed by atoms with E-state index in [0.717, 1.165) is 18.4 Å². The molecule has 1 saturated carbocycles. The van der Waals surface area contributed by atoms with Gasteiger partial charge in [-0.2, -0.15) is 0 Å². The summed E-state index contributed by atoms with van der Waals surface area (Å²) in [5.41, 5.74) is 1.20. The third-order valence-electron chi connectivity index (χ3n) is 4.25.